The van der Waals surface area contributed by atoms with E-state index in [0.29, 0.717) is 16.1 Å². The number of rotatable bonds is 3. The fraction of sp³-hybridized carbons (Fsp3) is 0.188. The maximum absolute atomic E-state index is 13.0. The highest BCUT2D eigenvalue weighted by Crippen LogP contribution is 2.28. The van der Waals surface area contributed by atoms with E-state index in [-0.39, 0.29) is 0 Å². The molecule has 2 heterocycles. The second-order valence-electron chi connectivity index (χ2n) is 5.06. The average Bonchev–Trinajstić information content (AvgIpc) is 2.85. The molecule has 3 rings (SSSR count). The van der Waals surface area contributed by atoms with Crippen LogP contribution in [-0.2, 0) is 16.4 Å². The fourth-order valence-electron chi connectivity index (χ4n) is 2.52. The van der Waals surface area contributed by atoms with E-state index in [0.717, 1.165) is 21.2 Å². The van der Waals surface area contributed by atoms with Gasteiger partial charge in [-0.25, -0.2) is 17.4 Å². The average molecular weight is 426 g/mol. The molecule has 0 fully saturated rings. The van der Waals surface area contributed by atoms with E-state index in [1.165, 1.54) is 3.97 Å². The minimum atomic E-state index is -3.61. The Kier molecular flexibility index (Phi) is 3.98. The minimum Gasteiger partial charge on any atom is -0.246 e. The van der Waals surface area contributed by atoms with Crippen LogP contribution in [-0.4, -0.2) is 17.4 Å². The standard InChI is InChI=1S/C16H15IN2O2S/c1-3-12-10-15-14(16(17)18-12)9-11(2)19(15)22(20,21)13-7-5-4-6-8-13/h4-10H,3H2,1-2H3. The first kappa shape index (κ1) is 15.5. The molecule has 0 aliphatic carbocycles. The molecule has 0 atom stereocenters. The largest absolute Gasteiger partial charge is 0.268 e. The highest BCUT2D eigenvalue weighted by Gasteiger charge is 2.22. The van der Waals surface area contributed by atoms with Crippen LogP contribution in [0, 0.1) is 10.6 Å². The number of fused-ring (bicyclic) bond motifs is 1. The predicted octanol–water partition coefficient (Wildman–Crippen LogP) is 3.75. The van der Waals surface area contributed by atoms with Gasteiger partial charge < -0.3 is 0 Å². The third kappa shape index (κ3) is 2.44. The molecule has 0 N–H and O–H groups in total. The first-order valence-corrected chi connectivity index (χ1v) is 9.45. The van der Waals surface area contributed by atoms with E-state index in [2.05, 4.69) is 27.6 Å². The number of halogens is 1. The maximum Gasteiger partial charge on any atom is 0.268 e. The Bertz CT molecular complexity index is 947. The van der Waals surface area contributed by atoms with Crippen molar-refractivity contribution in [2.24, 2.45) is 0 Å². The van der Waals surface area contributed by atoms with Gasteiger partial charge in [0.1, 0.15) is 3.70 Å². The Labute approximate surface area is 143 Å². The quantitative estimate of drug-likeness (QED) is 0.474. The van der Waals surface area contributed by atoms with Gasteiger partial charge in [-0.3, -0.25) is 0 Å². The number of pyridine rings is 1. The molecule has 0 radical (unpaired) electrons. The van der Waals surface area contributed by atoms with E-state index in [4.69, 9.17) is 0 Å². The van der Waals surface area contributed by atoms with Gasteiger partial charge in [0.25, 0.3) is 10.0 Å². The topological polar surface area (TPSA) is 52.0 Å². The van der Waals surface area contributed by atoms with Gasteiger partial charge in [0.2, 0.25) is 0 Å². The summed E-state index contributed by atoms with van der Waals surface area (Å²) in [4.78, 5) is 4.80. The molecule has 0 saturated heterocycles. The van der Waals surface area contributed by atoms with Crippen molar-refractivity contribution in [3.63, 3.8) is 0 Å². The van der Waals surface area contributed by atoms with Crippen LogP contribution in [0.4, 0.5) is 0 Å². The van der Waals surface area contributed by atoms with Crippen molar-refractivity contribution in [2.45, 2.75) is 25.2 Å². The minimum absolute atomic E-state index is 0.292. The van der Waals surface area contributed by atoms with Gasteiger partial charge in [-0.05, 0) is 60.2 Å². The molecule has 0 bridgehead atoms. The molecule has 114 valence electrons. The van der Waals surface area contributed by atoms with Crippen molar-refractivity contribution in [1.29, 1.82) is 0 Å². The summed E-state index contributed by atoms with van der Waals surface area (Å²) >= 11 is 2.16. The van der Waals surface area contributed by atoms with Crippen LogP contribution in [0.5, 0.6) is 0 Å². The van der Waals surface area contributed by atoms with Gasteiger partial charge in [-0.1, -0.05) is 25.1 Å². The second kappa shape index (κ2) is 5.66. The lowest BCUT2D eigenvalue weighted by Crippen LogP contribution is -2.14. The maximum atomic E-state index is 13.0. The van der Waals surface area contributed by atoms with E-state index in [9.17, 15) is 8.42 Å². The normalized spacial score (nSPS) is 12.0. The summed E-state index contributed by atoms with van der Waals surface area (Å²) in [6.07, 6.45) is 0.765. The lowest BCUT2D eigenvalue weighted by molar-refractivity contribution is 0.588. The summed E-state index contributed by atoms with van der Waals surface area (Å²) in [5.74, 6) is 0. The smallest absolute Gasteiger partial charge is 0.246 e. The number of hydrogen-bond donors (Lipinski definition) is 0. The number of aromatic nitrogens is 2. The summed E-state index contributed by atoms with van der Waals surface area (Å²) in [6, 6.07) is 12.3. The molecule has 22 heavy (non-hydrogen) atoms. The highest BCUT2D eigenvalue weighted by molar-refractivity contribution is 14.1. The first-order valence-electron chi connectivity index (χ1n) is 6.93. The molecular formula is C16H15IN2O2S. The van der Waals surface area contributed by atoms with Crippen molar-refractivity contribution in [1.82, 2.24) is 8.96 Å². The van der Waals surface area contributed by atoms with Crippen LogP contribution in [0.1, 0.15) is 18.3 Å². The van der Waals surface area contributed by atoms with Gasteiger partial charge in [0.15, 0.2) is 0 Å². The zero-order valence-electron chi connectivity index (χ0n) is 12.2. The third-order valence-electron chi connectivity index (χ3n) is 3.58. The van der Waals surface area contributed by atoms with Gasteiger partial charge >= 0.3 is 0 Å². The summed E-state index contributed by atoms with van der Waals surface area (Å²) in [5, 5.41) is 0.870. The van der Waals surface area contributed by atoms with Crippen LogP contribution in [0.3, 0.4) is 0 Å². The van der Waals surface area contributed by atoms with Crippen molar-refractivity contribution in [2.75, 3.05) is 0 Å². The molecule has 0 unspecified atom stereocenters. The van der Waals surface area contributed by atoms with Crippen LogP contribution in [0.2, 0.25) is 0 Å². The monoisotopic (exact) mass is 426 g/mol. The Balaban J connectivity index is 2.36. The van der Waals surface area contributed by atoms with Crippen molar-refractivity contribution in [3.05, 3.63) is 57.6 Å². The Morgan fingerprint density at radius 1 is 1.18 bits per heavy atom. The van der Waals surface area contributed by atoms with Crippen LogP contribution in [0.15, 0.2) is 47.4 Å². The zero-order chi connectivity index (χ0) is 15.9. The van der Waals surface area contributed by atoms with Gasteiger partial charge in [0, 0.05) is 16.8 Å². The Hall–Kier alpha value is -1.41. The molecule has 0 saturated carbocycles. The summed E-state index contributed by atoms with van der Waals surface area (Å²) < 4.78 is 28.2. The van der Waals surface area contributed by atoms with E-state index in [1.54, 1.807) is 24.3 Å². The van der Waals surface area contributed by atoms with E-state index >= 15 is 0 Å². The van der Waals surface area contributed by atoms with Gasteiger partial charge in [0.05, 0.1) is 10.4 Å². The summed E-state index contributed by atoms with van der Waals surface area (Å²) in [6.45, 7) is 3.82. The van der Waals surface area contributed by atoms with Crippen molar-refractivity contribution >= 4 is 43.5 Å². The number of benzene rings is 1. The number of hydrogen-bond acceptors (Lipinski definition) is 3. The van der Waals surface area contributed by atoms with Crippen LogP contribution in [0.25, 0.3) is 10.9 Å². The van der Waals surface area contributed by atoms with Gasteiger partial charge in [-0.2, -0.15) is 0 Å². The summed E-state index contributed by atoms with van der Waals surface area (Å²) in [7, 11) is -3.61. The summed E-state index contributed by atoms with van der Waals surface area (Å²) in [5.41, 5.74) is 2.27. The Morgan fingerprint density at radius 2 is 1.86 bits per heavy atom. The number of nitrogens with zero attached hydrogens (tertiary/aromatic N) is 2. The Morgan fingerprint density at radius 3 is 2.50 bits per heavy atom. The second-order valence-corrected chi connectivity index (χ2v) is 7.87. The molecular weight excluding hydrogens is 411 g/mol. The van der Waals surface area contributed by atoms with E-state index < -0.39 is 10.0 Å². The highest BCUT2D eigenvalue weighted by atomic mass is 127. The molecule has 3 aromatic rings. The van der Waals surface area contributed by atoms with Crippen molar-refractivity contribution < 1.29 is 8.42 Å². The first-order chi connectivity index (χ1) is 10.4. The molecule has 4 nitrogen and oxygen atoms in total. The fourth-order valence-corrected chi connectivity index (χ4v) is 4.81. The molecule has 0 amide bonds. The van der Waals surface area contributed by atoms with Gasteiger partial charge in [-0.15, -0.1) is 0 Å². The van der Waals surface area contributed by atoms with Crippen LogP contribution < -0.4 is 0 Å². The third-order valence-corrected chi connectivity index (χ3v) is 6.23. The lowest BCUT2D eigenvalue weighted by Gasteiger charge is -2.10. The molecule has 0 aliphatic heterocycles. The van der Waals surface area contributed by atoms with Crippen molar-refractivity contribution in [3.8, 4) is 0 Å². The van der Waals surface area contributed by atoms with E-state index in [1.807, 2.05) is 32.0 Å². The molecule has 1 aromatic carbocycles. The lowest BCUT2D eigenvalue weighted by atomic mass is 10.2. The number of aryl methyl sites for hydroxylation is 2. The molecule has 2 aromatic heterocycles. The molecule has 0 spiro atoms. The zero-order valence-corrected chi connectivity index (χ0v) is 15.2. The molecule has 6 heteroatoms. The predicted molar refractivity (Wildman–Crippen MR) is 95.6 cm³/mol. The SMILES string of the molecule is CCc1cc2c(cc(C)n2S(=O)(=O)c2ccccc2)c(I)n1. The van der Waals surface area contributed by atoms with Crippen LogP contribution >= 0.6 is 22.6 Å². The molecule has 0 aliphatic rings.